The lowest BCUT2D eigenvalue weighted by atomic mass is 9.91. The summed E-state index contributed by atoms with van der Waals surface area (Å²) in [4.78, 5) is 47.4. The zero-order valence-electron chi connectivity index (χ0n) is 27.6. The van der Waals surface area contributed by atoms with Gasteiger partial charge in [0.05, 0.1) is 25.0 Å². The van der Waals surface area contributed by atoms with Crippen molar-refractivity contribution in [3.05, 3.63) is 64.2 Å². The molecule has 0 unspecified atom stereocenters. The smallest absolute Gasteiger partial charge is 0.266 e. The SMILES string of the molecule is CCC[C@H](NC(=O)[C@@H]1C[C@@H](OCc2ccc(Br)cc2F)CN1C(=O)[C@@H](CCC1CCNCC1)NS(C)(=O)=O)C(=O)c1nc2ccccc2o1. The third-order valence-corrected chi connectivity index (χ3v) is 10.2. The number of carbonyl (C=O) groups excluding carboxylic acids is 3. The molecule has 266 valence electrons. The van der Waals surface area contributed by atoms with E-state index in [1.165, 1.54) is 11.0 Å². The number of hydrogen-bond acceptors (Lipinski definition) is 9. The van der Waals surface area contributed by atoms with Gasteiger partial charge in [0.15, 0.2) is 5.58 Å². The quantitative estimate of drug-likeness (QED) is 0.194. The maximum atomic E-state index is 14.6. The Balaban J connectivity index is 1.37. The molecule has 3 aromatic rings. The van der Waals surface area contributed by atoms with Crippen LogP contribution in [-0.2, 0) is 31.0 Å². The summed E-state index contributed by atoms with van der Waals surface area (Å²) >= 11 is 3.24. The zero-order valence-corrected chi connectivity index (χ0v) is 30.0. The Morgan fingerprint density at radius 1 is 1.14 bits per heavy atom. The third-order valence-electron chi connectivity index (χ3n) is 9.03. The van der Waals surface area contributed by atoms with Crippen molar-refractivity contribution in [3.8, 4) is 0 Å². The molecule has 3 heterocycles. The molecule has 0 spiro atoms. The minimum Gasteiger partial charge on any atom is -0.434 e. The molecule has 12 nitrogen and oxygen atoms in total. The van der Waals surface area contributed by atoms with Crippen molar-refractivity contribution >= 4 is 54.7 Å². The number of hydrogen-bond donors (Lipinski definition) is 3. The number of amides is 2. The van der Waals surface area contributed by atoms with E-state index in [0.29, 0.717) is 46.3 Å². The molecule has 5 rings (SSSR count). The van der Waals surface area contributed by atoms with Crippen molar-refractivity contribution in [2.45, 2.75) is 82.7 Å². The Kier molecular flexibility index (Phi) is 12.6. The molecule has 2 amide bonds. The summed E-state index contributed by atoms with van der Waals surface area (Å²) in [6.07, 6.45) is 3.98. The molecule has 2 fully saturated rings. The van der Waals surface area contributed by atoms with E-state index in [2.05, 4.69) is 36.3 Å². The first-order chi connectivity index (χ1) is 23.4. The van der Waals surface area contributed by atoms with E-state index in [-0.39, 0.29) is 31.9 Å². The number of carbonyl (C=O) groups is 3. The fraction of sp³-hybridized carbons (Fsp3) is 0.529. The maximum Gasteiger partial charge on any atom is 0.266 e. The van der Waals surface area contributed by atoms with Crippen LogP contribution in [-0.4, -0.2) is 86.0 Å². The molecular weight excluding hydrogens is 721 g/mol. The summed E-state index contributed by atoms with van der Waals surface area (Å²) in [5.74, 6) is -1.91. The number of aromatic nitrogens is 1. The minimum atomic E-state index is -3.79. The van der Waals surface area contributed by atoms with Crippen LogP contribution in [0.1, 0.15) is 68.1 Å². The van der Waals surface area contributed by atoms with Gasteiger partial charge in [-0.2, -0.15) is 0 Å². The number of para-hydroxylation sites is 2. The lowest BCUT2D eigenvalue weighted by Crippen LogP contribution is -2.55. The first kappa shape index (κ1) is 37.0. The largest absolute Gasteiger partial charge is 0.434 e. The summed E-state index contributed by atoms with van der Waals surface area (Å²) in [6.45, 7) is 3.46. The lowest BCUT2D eigenvalue weighted by Gasteiger charge is -2.30. The predicted octanol–water partition coefficient (Wildman–Crippen LogP) is 4.08. The van der Waals surface area contributed by atoms with Gasteiger partial charge in [0, 0.05) is 23.0 Å². The highest BCUT2D eigenvalue weighted by Crippen LogP contribution is 2.27. The molecule has 0 saturated carbocycles. The average Bonchev–Trinajstić information content (AvgIpc) is 3.70. The highest BCUT2D eigenvalue weighted by Gasteiger charge is 2.44. The molecular formula is C34H43BrFN5O7S. The van der Waals surface area contributed by atoms with Crippen LogP contribution in [0.5, 0.6) is 0 Å². The number of nitrogens with one attached hydrogen (secondary N) is 3. The summed E-state index contributed by atoms with van der Waals surface area (Å²) in [5.41, 5.74) is 1.26. The van der Waals surface area contributed by atoms with Crippen molar-refractivity contribution in [1.29, 1.82) is 0 Å². The molecule has 2 aliphatic rings. The topological polar surface area (TPSA) is 160 Å². The number of likely N-dealkylation sites (tertiary alicyclic amines) is 1. The summed E-state index contributed by atoms with van der Waals surface area (Å²) < 4.78 is 54.2. The monoisotopic (exact) mass is 763 g/mol. The molecule has 2 saturated heterocycles. The van der Waals surface area contributed by atoms with Crippen LogP contribution < -0.4 is 15.4 Å². The molecule has 2 aromatic carbocycles. The first-order valence-electron chi connectivity index (χ1n) is 16.7. The van der Waals surface area contributed by atoms with Crippen LogP contribution in [0.3, 0.4) is 0 Å². The van der Waals surface area contributed by atoms with Crippen molar-refractivity contribution in [3.63, 3.8) is 0 Å². The van der Waals surface area contributed by atoms with Gasteiger partial charge in [-0.15, -0.1) is 0 Å². The number of ketones is 1. The Bertz CT molecular complexity index is 1720. The van der Waals surface area contributed by atoms with Gasteiger partial charge in [-0.1, -0.05) is 47.5 Å². The Labute approximate surface area is 294 Å². The molecule has 3 N–H and O–H groups in total. The van der Waals surface area contributed by atoms with Gasteiger partial charge in [0.25, 0.3) is 5.89 Å². The molecule has 49 heavy (non-hydrogen) atoms. The average molecular weight is 765 g/mol. The van der Waals surface area contributed by atoms with E-state index in [4.69, 9.17) is 9.15 Å². The molecule has 15 heteroatoms. The van der Waals surface area contributed by atoms with Crippen LogP contribution in [0.25, 0.3) is 11.1 Å². The molecule has 1 aromatic heterocycles. The first-order valence-corrected chi connectivity index (χ1v) is 19.3. The van der Waals surface area contributed by atoms with E-state index in [1.54, 1.807) is 36.4 Å². The number of fused-ring (bicyclic) bond motifs is 1. The Morgan fingerprint density at radius 2 is 1.90 bits per heavy atom. The summed E-state index contributed by atoms with van der Waals surface area (Å²) in [5, 5.41) is 6.13. The number of Topliss-reactive ketones (excluding diaryl/α,β-unsaturated/α-hetero) is 1. The predicted molar refractivity (Wildman–Crippen MR) is 185 cm³/mol. The summed E-state index contributed by atoms with van der Waals surface area (Å²) in [7, 11) is -3.79. The number of sulfonamides is 1. The van der Waals surface area contributed by atoms with Crippen molar-refractivity contribution in [2.75, 3.05) is 25.9 Å². The number of piperidine rings is 1. The normalized spacial score (nSPS) is 20.0. The van der Waals surface area contributed by atoms with Crippen LogP contribution >= 0.6 is 15.9 Å². The van der Waals surface area contributed by atoms with Crippen LogP contribution in [0, 0.1) is 11.7 Å². The van der Waals surface area contributed by atoms with Crippen LogP contribution in [0.15, 0.2) is 51.4 Å². The lowest BCUT2D eigenvalue weighted by molar-refractivity contribution is -0.140. The van der Waals surface area contributed by atoms with Gasteiger partial charge in [-0.25, -0.2) is 22.5 Å². The van der Waals surface area contributed by atoms with E-state index >= 15 is 0 Å². The second-order valence-electron chi connectivity index (χ2n) is 12.8. The van der Waals surface area contributed by atoms with Crippen LogP contribution in [0.4, 0.5) is 4.39 Å². The highest BCUT2D eigenvalue weighted by atomic mass is 79.9. The summed E-state index contributed by atoms with van der Waals surface area (Å²) in [6, 6.07) is 8.39. The number of benzene rings is 2. The number of rotatable bonds is 15. The van der Waals surface area contributed by atoms with Gasteiger partial charge in [-0.3, -0.25) is 14.4 Å². The van der Waals surface area contributed by atoms with E-state index in [0.717, 1.165) is 32.2 Å². The second-order valence-corrected chi connectivity index (χ2v) is 15.5. The molecule has 0 aliphatic carbocycles. The van der Waals surface area contributed by atoms with E-state index in [1.807, 2.05) is 6.92 Å². The standard InChI is InChI=1S/C34H43BrFN5O7S/c1-3-6-27(31(42)33-39-26-7-4-5-8-30(26)48-33)38-32(43)29-18-24(47-20-22-10-11-23(35)17-25(22)36)19-41(29)34(44)28(40-49(2,45)46)12-9-21-13-15-37-16-14-21/h4-5,7-8,10-11,17,21,24,27-29,37,40H,3,6,9,12-16,18-20H2,1-2H3,(H,38,43)/t24-,27+,28-,29+/m1/s1. The second kappa shape index (κ2) is 16.6. The molecule has 2 aliphatic heterocycles. The fourth-order valence-corrected chi connectivity index (χ4v) is 7.54. The van der Waals surface area contributed by atoms with Gasteiger partial charge >= 0.3 is 0 Å². The fourth-order valence-electron chi connectivity index (χ4n) is 6.47. The Hall–Kier alpha value is -3.24. The number of oxazole rings is 1. The van der Waals surface area contributed by atoms with E-state index < -0.39 is 57.7 Å². The van der Waals surface area contributed by atoms with Gasteiger partial charge in [0.2, 0.25) is 27.6 Å². The third kappa shape index (κ3) is 9.94. The van der Waals surface area contributed by atoms with Gasteiger partial charge in [-0.05, 0) is 75.4 Å². The number of halogens is 2. The number of ether oxygens (including phenoxy) is 1. The maximum absolute atomic E-state index is 14.6. The molecule has 0 radical (unpaired) electrons. The van der Waals surface area contributed by atoms with Crippen LogP contribution in [0.2, 0.25) is 0 Å². The van der Waals surface area contributed by atoms with Crippen molar-refractivity contribution < 1.29 is 36.3 Å². The van der Waals surface area contributed by atoms with Crippen molar-refractivity contribution in [2.24, 2.45) is 5.92 Å². The zero-order chi connectivity index (χ0) is 35.1. The highest BCUT2D eigenvalue weighted by molar-refractivity contribution is 9.10. The van der Waals surface area contributed by atoms with Gasteiger partial charge in [0.1, 0.15) is 23.4 Å². The molecule has 0 bridgehead atoms. The van der Waals surface area contributed by atoms with Crippen molar-refractivity contribution in [1.82, 2.24) is 25.2 Å². The number of nitrogens with zero attached hydrogens (tertiary/aromatic N) is 2. The van der Waals surface area contributed by atoms with E-state index in [9.17, 15) is 27.2 Å². The Morgan fingerprint density at radius 3 is 2.59 bits per heavy atom. The minimum absolute atomic E-state index is 0.0259. The molecule has 4 atom stereocenters. The van der Waals surface area contributed by atoms with Gasteiger partial charge < -0.3 is 24.7 Å².